The standard InChI is InChI=1S/C20H23F3N4O/c1-12-10-13(20(21,22)23)11-17(28)19(12)15-6-7-18(26-25-15)24-14-4-2-8-27-9-3-5-16(14)27/h6-7,10-11,14,16,28H,2-5,8-9H2,1H3,(H,24,26). The molecule has 0 bridgehead atoms. The molecule has 2 atom stereocenters. The summed E-state index contributed by atoms with van der Waals surface area (Å²) in [7, 11) is 0. The van der Waals surface area contributed by atoms with Crippen LogP contribution in [-0.4, -0.2) is 45.4 Å². The molecule has 2 N–H and O–H groups in total. The minimum atomic E-state index is -4.51. The molecule has 28 heavy (non-hydrogen) atoms. The average molecular weight is 392 g/mol. The number of anilines is 1. The topological polar surface area (TPSA) is 61.3 Å². The van der Waals surface area contributed by atoms with Gasteiger partial charge in [0, 0.05) is 17.6 Å². The van der Waals surface area contributed by atoms with Crippen molar-refractivity contribution in [2.75, 3.05) is 18.4 Å². The van der Waals surface area contributed by atoms with Crippen molar-refractivity contribution in [3.8, 4) is 17.0 Å². The fourth-order valence-corrected chi connectivity index (χ4v) is 4.46. The summed E-state index contributed by atoms with van der Waals surface area (Å²) in [5.41, 5.74) is 0.0409. The number of hydrogen-bond donors (Lipinski definition) is 2. The number of halogens is 3. The minimum Gasteiger partial charge on any atom is -0.507 e. The maximum Gasteiger partial charge on any atom is 0.416 e. The average Bonchev–Trinajstić information content (AvgIpc) is 3.11. The van der Waals surface area contributed by atoms with Crippen LogP contribution in [0.25, 0.3) is 11.3 Å². The van der Waals surface area contributed by atoms with Gasteiger partial charge in [-0.05, 0) is 75.5 Å². The predicted octanol–water partition coefficient (Wildman–Crippen LogP) is 4.22. The molecule has 0 radical (unpaired) electrons. The van der Waals surface area contributed by atoms with Gasteiger partial charge in [-0.3, -0.25) is 4.90 Å². The maximum atomic E-state index is 12.9. The molecule has 5 nitrogen and oxygen atoms in total. The lowest BCUT2D eigenvalue weighted by atomic mass is 9.96. The van der Waals surface area contributed by atoms with Crippen molar-refractivity contribution in [1.29, 1.82) is 0 Å². The van der Waals surface area contributed by atoms with Crippen LogP contribution in [-0.2, 0) is 6.18 Å². The molecular weight excluding hydrogens is 369 g/mol. The van der Waals surface area contributed by atoms with Crippen molar-refractivity contribution in [1.82, 2.24) is 15.1 Å². The lowest BCUT2D eigenvalue weighted by Crippen LogP contribution is -2.47. The quantitative estimate of drug-likeness (QED) is 0.819. The zero-order chi connectivity index (χ0) is 19.9. The number of aromatic hydroxyl groups is 1. The van der Waals surface area contributed by atoms with Crippen LogP contribution in [0.15, 0.2) is 24.3 Å². The third-order valence-electron chi connectivity index (χ3n) is 5.74. The number of nitrogens with one attached hydrogen (secondary N) is 1. The highest BCUT2D eigenvalue weighted by molar-refractivity contribution is 5.71. The van der Waals surface area contributed by atoms with Gasteiger partial charge in [0.1, 0.15) is 11.6 Å². The molecule has 0 amide bonds. The van der Waals surface area contributed by atoms with Crippen LogP contribution in [0.3, 0.4) is 0 Å². The van der Waals surface area contributed by atoms with E-state index in [1.165, 1.54) is 19.8 Å². The van der Waals surface area contributed by atoms with Gasteiger partial charge in [-0.2, -0.15) is 13.2 Å². The summed E-state index contributed by atoms with van der Waals surface area (Å²) in [6, 6.07) is 6.05. The molecule has 2 unspecified atom stereocenters. The van der Waals surface area contributed by atoms with E-state index in [0.717, 1.165) is 38.1 Å². The largest absolute Gasteiger partial charge is 0.507 e. The molecule has 2 saturated heterocycles. The number of nitrogens with zero attached hydrogens (tertiary/aromatic N) is 3. The molecular formula is C20H23F3N4O. The molecule has 1 aromatic heterocycles. The fourth-order valence-electron chi connectivity index (χ4n) is 4.46. The molecule has 0 aliphatic carbocycles. The molecule has 2 aromatic rings. The highest BCUT2D eigenvalue weighted by atomic mass is 19.4. The highest BCUT2D eigenvalue weighted by Gasteiger charge is 2.35. The Kier molecular flexibility index (Phi) is 4.91. The number of aryl methyl sites for hydroxylation is 1. The van der Waals surface area contributed by atoms with Gasteiger partial charge in [0.25, 0.3) is 0 Å². The normalized spacial score (nSPS) is 22.9. The summed E-state index contributed by atoms with van der Waals surface area (Å²) < 4.78 is 38.7. The Bertz CT molecular complexity index is 831. The van der Waals surface area contributed by atoms with Crippen LogP contribution in [0.5, 0.6) is 5.75 Å². The molecule has 3 heterocycles. The van der Waals surface area contributed by atoms with Crippen LogP contribution in [0, 0.1) is 6.92 Å². The van der Waals surface area contributed by atoms with Crippen molar-refractivity contribution >= 4 is 5.82 Å². The Labute approximate surface area is 161 Å². The van der Waals surface area contributed by atoms with E-state index in [0.29, 0.717) is 29.2 Å². The molecule has 0 spiro atoms. The Morgan fingerprint density at radius 2 is 1.86 bits per heavy atom. The van der Waals surface area contributed by atoms with Crippen molar-refractivity contribution in [3.63, 3.8) is 0 Å². The fraction of sp³-hybridized carbons (Fsp3) is 0.500. The molecule has 0 saturated carbocycles. The van der Waals surface area contributed by atoms with Crippen LogP contribution in [0.2, 0.25) is 0 Å². The lowest BCUT2D eigenvalue weighted by molar-refractivity contribution is -0.137. The predicted molar refractivity (Wildman–Crippen MR) is 100 cm³/mol. The van der Waals surface area contributed by atoms with Gasteiger partial charge in [0.05, 0.1) is 11.3 Å². The van der Waals surface area contributed by atoms with Crippen LogP contribution in [0.4, 0.5) is 19.0 Å². The summed E-state index contributed by atoms with van der Waals surface area (Å²) in [5.74, 6) is 0.197. The van der Waals surface area contributed by atoms with E-state index in [9.17, 15) is 18.3 Å². The number of fused-ring (bicyclic) bond motifs is 1. The van der Waals surface area contributed by atoms with E-state index in [4.69, 9.17) is 0 Å². The number of benzene rings is 1. The molecule has 2 aliphatic heterocycles. The van der Waals surface area contributed by atoms with E-state index in [1.807, 2.05) is 0 Å². The number of aromatic nitrogens is 2. The second kappa shape index (κ2) is 7.24. The summed E-state index contributed by atoms with van der Waals surface area (Å²) in [4.78, 5) is 2.52. The Balaban J connectivity index is 1.54. The third kappa shape index (κ3) is 3.65. The maximum absolute atomic E-state index is 12.9. The monoisotopic (exact) mass is 392 g/mol. The van der Waals surface area contributed by atoms with Gasteiger partial charge in [-0.15, -0.1) is 10.2 Å². The lowest BCUT2D eigenvalue weighted by Gasteiger charge is -2.37. The first kappa shape index (κ1) is 19.0. The number of phenolic OH excluding ortho intramolecular Hbond substituents is 1. The van der Waals surface area contributed by atoms with Gasteiger partial charge in [0.2, 0.25) is 0 Å². The summed E-state index contributed by atoms with van der Waals surface area (Å²) >= 11 is 0. The zero-order valence-electron chi connectivity index (χ0n) is 15.6. The minimum absolute atomic E-state index is 0.270. The van der Waals surface area contributed by atoms with Crippen LogP contribution < -0.4 is 5.32 Å². The van der Waals surface area contributed by atoms with Crippen molar-refractivity contribution < 1.29 is 18.3 Å². The van der Waals surface area contributed by atoms with E-state index < -0.39 is 17.5 Å². The number of piperidine rings is 1. The number of alkyl halides is 3. The van der Waals surface area contributed by atoms with Crippen molar-refractivity contribution in [2.24, 2.45) is 0 Å². The van der Waals surface area contributed by atoms with Gasteiger partial charge < -0.3 is 10.4 Å². The Hall–Kier alpha value is -2.35. The van der Waals surface area contributed by atoms with Gasteiger partial charge in [0.15, 0.2) is 0 Å². The highest BCUT2D eigenvalue weighted by Crippen LogP contribution is 2.38. The Morgan fingerprint density at radius 1 is 1.11 bits per heavy atom. The SMILES string of the molecule is Cc1cc(C(F)(F)F)cc(O)c1-c1ccc(NC2CCCN3CCCC23)nn1. The number of phenols is 1. The molecule has 2 fully saturated rings. The number of hydrogen-bond acceptors (Lipinski definition) is 5. The molecule has 4 rings (SSSR count). The van der Waals surface area contributed by atoms with Gasteiger partial charge in [-0.25, -0.2) is 0 Å². The smallest absolute Gasteiger partial charge is 0.416 e. The van der Waals surface area contributed by atoms with Crippen LogP contribution in [0.1, 0.15) is 36.8 Å². The second-order valence-corrected chi connectivity index (χ2v) is 7.63. The first-order valence-electron chi connectivity index (χ1n) is 9.58. The zero-order valence-corrected chi connectivity index (χ0v) is 15.6. The van der Waals surface area contributed by atoms with Crippen LogP contribution >= 0.6 is 0 Å². The Morgan fingerprint density at radius 3 is 2.50 bits per heavy atom. The second-order valence-electron chi connectivity index (χ2n) is 7.63. The van der Waals surface area contributed by atoms with E-state index >= 15 is 0 Å². The molecule has 1 aromatic carbocycles. The van der Waals surface area contributed by atoms with Crippen molar-refractivity contribution in [2.45, 2.75) is 50.9 Å². The van der Waals surface area contributed by atoms with E-state index in [-0.39, 0.29) is 5.56 Å². The first-order chi connectivity index (χ1) is 13.3. The first-order valence-corrected chi connectivity index (χ1v) is 9.58. The third-order valence-corrected chi connectivity index (χ3v) is 5.74. The number of rotatable bonds is 3. The molecule has 2 aliphatic rings. The molecule has 8 heteroatoms. The summed E-state index contributed by atoms with van der Waals surface area (Å²) in [5, 5.41) is 21.9. The summed E-state index contributed by atoms with van der Waals surface area (Å²) in [6.07, 6.45) is 0.137. The van der Waals surface area contributed by atoms with E-state index in [2.05, 4.69) is 20.4 Å². The summed E-state index contributed by atoms with van der Waals surface area (Å²) in [6.45, 7) is 3.83. The van der Waals surface area contributed by atoms with Gasteiger partial charge in [-0.1, -0.05) is 0 Å². The van der Waals surface area contributed by atoms with Crippen molar-refractivity contribution in [3.05, 3.63) is 35.4 Å². The van der Waals surface area contributed by atoms with E-state index in [1.54, 1.807) is 12.1 Å². The molecule has 150 valence electrons. The van der Waals surface area contributed by atoms with Gasteiger partial charge >= 0.3 is 6.18 Å².